The Bertz CT molecular complexity index is 1680. The van der Waals surface area contributed by atoms with E-state index in [1.54, 1.807) is 17.7 Å². The Hall–Kier alpha value is 0.190. The highest BCUT2D eigenvalue weighted by Crippen LogP contribution is 2.64. The predicted octanol–water partition coefficient (Wildman–Crippen LogP) is 17.7. The number of alkyl halides is 3. The van der Waals surface area contributed by atoms with Crippen LogP contribution in [-0.2, 0) is 24.7 Å². The molecule has 0 N–H and O–H groups in total. The van der Waals surface area contributed by atoms with E-state index in [0.717, 1.165) is 27.9 Å². The molecule has 3 rings (SSSR count). The fourth-order valence-corrected chi connectivity index (χ4v) is 21.6. The van der Waals surface area contributed by atoms with E-state index in [-0.39, 0.29) is 37.2 Å². The predicted molar refractivity (Wildman–Crippen MR) is 360 cm³/mol. The maximum Gasteiger partial charge on any atom is 0.416 e. The van der Waals surface area contributed by atoms with Gasteiger partial charge in [0.25, 0.3) is 0 Å². The van der Waals surface area contributed by atoms with Gasteiger partial charge in [-0.05, 0) is 139 Å². The van der Waals surface area contributed by atoms with Crippen LogP contribution in [0.5, 0.6) is 0 Å². The molecule has 0 radical (unpaired) electrons. The van der Waals surface area contributed by atoms with Gasteiger partial charge in [0.2, 0.25) is 0 Å². The Morgan fingerprint density at radius 1 is 0.333 bits per heavy atom. The maximum atomic E-state index is 13.1. The largest absolute Gasteiger partial charge is 1.00 e. The number of halogens is 8. The van der Waals surface area contributed by atoms with E-state index in [2.05, 4.69) is 71.9 Å². The van der Waals surface area contributed by atoms with Gasteiger partial charge in [-0.25, -0.2) is 0 Å². The van der Waals surface area contributed by atoms with Crippen molar-refractivity contribution >= 4 is 47.0 Å². The topological polar surface area (TPSA) is 0 Å². The van der Waals surface area contributed by atoms with Crippen molar-refractivity contribution in [1.82, 2.24) is 0 Å². The molecule has 0 aliphatic carbocycles. The summed E-state index contributed by atoms with van der Waals surface area (Å²) in [4.78, 5) is 0. The van der Waals surface area contributed by atoms with Gasteiger partial charge >= 0.3 is 6.18 Å². The fourth-order valence-electron chi connectivity index (χ4n) is 11.4. The van der Waals surface area contributed by atoms with Crippen molar-refractivity contribution < 1.29 is 50.4 Å². The summed E-state index contributed by atoms with van der Waals surface area (Å²) in [5.41, 5.74) is 3.48. The zero-order valence-corrected chi connectivity index (χ0v) is 59.9. The van der Waals surface area contributed by atoms with Crippen LogP contribution in [-0.4, -0.2) is 37.0 Å². The van der Waals surface area contributed by atoms with Crippen molar-refractivity contribution in [3.05, 3.63) is 105 Å². The standard InChI is InChI=1S/C32H57F3P.C31H57ClP.C7H8ClP.3ClH/c1-4-7-10-13-16-19-26-36(27-20-17-14-11-8-5-2,28-21-18-15-12-9-6-3)29-30-22-24-31(25-23-30)32(33,34)35;1-4-7-10-13-16-19-26-33(27-20-17-14-11-8-5-2,28-21-18-15-12-9-6-3)29-30-22-24-31(32)25-23-30;8-7-3-1-2-6(4-7)5-9;;;/h22-25H,4-21,26-29H2,1-3H3;22-25H,4-21,26-29H2,1-3H3;1-4H,5,9H2;3*1H/q2*+1;;;;/p-2. The molecule has 0 aromatic heterocycles. The molecule has 0 saturated carbocycles. The van der Waals surface area contributed by atoms with Crippen LogP contribution in [0.25, 0.3) is 0 Å². The van der Waals surface area contributed by atoms with Crippen molar-refractivity contribution in [2.45, 2.75) is 297 Å². The third-order valence-corrected chi connectivity index (χ3v) is 27.1. The summed E-state index contributed by atoms with van der Waals surface area (Å²) in [7, 11) is -0.228. The summed E-state index contributed by atoms with van der Waals surface area (Å²) in [6.07, 6.45) is 57.4. The second kappa shape index (κ2) is 57.9. The van der Waals surface area contributed by atoms with E-state index in [9.17, 15) is 13.2 Å². The molecule has 0 aliphatic rings. The van der Waals surface area contributed by atoms with Gasteiger partial charge < -0.3 is 37.2 Å². The first kappa shape index (κ1) is 85.4. The van der Waals surface area contributed by atoms with Crippen LogP contribution in [0, 0.1) is 0 Å². The average Bonchev–Trinajstić information content (AvgIpc) is 3.43. The van der Waals surface area contributed by atoms with Crippen LogP contribution >= 0.6 is 47.0 Å². The lowest BCUT2D eigenvalue weighted by Crippen LogP contribution is -3.00. The lowest BCUT2D eigenvalue weighted by atomic mass is 10.1. The molecule has 1 atom stereocenters. The van der Waals surface area contributed by atoms with Crippen LogP contribution < -0.4 is 37.2 Å². The van der Waals surface area contributed by atoms with E-state index >= 15 is 0 Å². The van der Waals surface area contributed by atoms with Gasteiger partial charge in [0.1, 0.15) is 0 Å². The SMILES string of the molecule is CCCCCCCC[P+](CCCCCCCC)(CCCCCCCC)Cc1ccc(C(F)(F)F)cc1.CCCCCCCC[P+](CCCCCCCC)(CCCCCCCC)Cc1ccc(Cl)cc1.[Cl-].[Cl-].[Cl-].[PH3+]Cc1cccc(Cl)c1. The Kier molecular flexibility index (Phi) is 61.0. The summed E-state index contributed by atoms with van der Waals surface area (Å²) in [5.74, 6) is 0. The van der Waals surface area contributed by atoms with Gasteiger partial charge in [-0.15, -0.1) is 0 Å². The van der Waals surface area contributed by atoms with Gasteiger partial charge in [0.15, 0.2) is 0 Å². The minimum absolute atomic E-state index is 0. The molecule has 11 heteroatoms. The first-order chi connectivity index (χ1) is 37.8. The van der Waals surface area contributed by atoms with Crippen LogP contribution in [0.4, 0.5) is 13.2 Å². The van der Waals surface area contributed by atoms with Crippen molar-refractivity contribution in [2.75, 3.05) is 37.0 Å². The Balaban J connectivity index is -0.00000126. The Morgan fingerprint density at radius 3 is 0.827 bits per heavy atom. The van der Waals surface area contributed by atoms with Gasteiger partial charge in [0.05, 0.1) is 61.0 Å². The first-order valence-electron chi connectivity index (χ1n) is 33.0. The fraction of sp³-hybridized carbons (Fsp3) is 0.743. The molecule has 0 nitrogen and oxygen atoms in total. The van der Waals surface area contributed by atoms with Crippen molar-refractivity contribution in [3.63, 3.8) is 0 Å². The number of hydrogen-bond acceptors (Lipinski definition) is 0. The Morgan fingerprint density at radius 2 is 0.593 bits per heavy atom. The van der Waals surface area contributed by atoms with Gasteiger partial charge in [0, 0.05) is 24.6 Å². The summed E-state index contributed by atoms with van der Waals surface area (Å²) in [6, 6.07) is 23.0. The van der Waals surface area contributed by atoms with Crippen molar-refractivity contribution in [3.8, 4) is 0 Å². The van der Waals surface area contributed by atoms with Gasteiger partial charge in [-0.3, -0.25) is 0 Å². The number of rotatable bonds is 47. The molecule has 0 spiro atoms. The smallest absolute Gasteiger partial charge is 0.416 e. The molecule has 474 valence electrons. The Labute approximate surface area is 533 Å². The normalized spacial score (nSPS) is 11.4. The molecular weight excluding hydrogens is 1170 g/mol. The van der Waals surface area contributed by atoms with Crippen LogP contribution in [0.2, 0.25) is 10.0 Å². The van der Waals surface area contributed by atoms with Crippen LogP contribution in [0.1, 0.15) is 295 Å². The molecule has 0 fully saturated rings. The zero-order chi connectivity index (χ0) is 57.3. The first-order valence-corrected chi connectivity index (χ1v) is 39.8. The lowest BCUT2D eigenvalue weighted by molar-refractivity contribution is -0.137. The number of unbranched alkanes of at least 4 members (excludes halogenated alkanes) is 30. The van der Waals surface area contributed by atoms with Crippen molar-refractivity contribution in [1.29, 1.82) is 0 Å². The zero-order valence-electron chi connectivity index (χ0n) is 52.9. The second-order valence-electron chi connectivity index (χ2n) is 23.6. The average molecular weight is 1290 g/mol. The monoisotopic (exact) mass is 1290 g/mol. The highest BCUT2D eigenvalue weighted by molar-refractivity contribution is 7.75. The van der Waals surface area contributed by atoms with E-state index in [0.29, 0.717) is 0 Å². The minimum Gasteiger partial charge on any atom is -1.00 e. The number of hydrogen-bond donors (Lipinski definition) is 0. The molecule has 0 bridgehead atoms. The van der Waals surface area contributed by atoms with E-state index in [1.807, 2.05) is 27.4 Å². The number of benzene rings is 3. The summed E-state index contributed by atoms with van der Waals surface area (Å²) < 4.78 is 39.4. The van der Waals surface area contributed by atoms with E-state index in [4.69, 9.17) is 23.2 Å². The van der Waals surface area contributed by atoms with Crippen LogP contribution in [0.3, 0.4) is 0 Å². The highest BCUT2D eigenvalue weighted by atomic mass is 35.5. The van der Waals surface area contributed by atoms with E-state index in [1.165, 1.54) is 292 Å². The molecule has 0 amide bonds. The maximum absolute atomic E-state index is 13.1. The molecule has 0 heterocycles. The third kappa shape index (κ3) is 46.9. The van der Waals surface area contributed by atoms with Crippen molar-refractivity contribution in [2.24, 2.45) is 0 Å². The molecule has 3 aromatic carbocycles. The van der Waals surface area contributed by atoms with Gasteiger partial charge in [-0.1, -0.05) is 255 Å². The summed E-state index contributed by atoms with van der Waals surface area (Å²) >= 11 is 12.0. The molecule has 3 aromatic rings. The molecule has 0 aliphatic heterocycles. The summed E-state index contributed by atoms with van der Waals surface area (Å²) in [5, 5.41) is 1.71. The molecular formula is C70H123Cl5F3P3. The quantitative estimate of drug-likeness (QED) is 0.0391. The third-order valence-electron chi connectivity index (χ3n) is 16.3. The van der Waals surface area contributed by atoms with E-state index < -0.39 is 26.3 Å². The summed E-state index contributed by atoms with van der Waals surface area (Å²) in [6.45, 7) is 13.8. The van der Waals surface area contributed by atoms with Crippen LogP contribution in [0.15, 0.2) is 72.8 Å². The second-order valence-corrected chi connectivity index (χ2v) is 33.7. The lowest BCUT2D eigenvalue weighted by Gasteiger charge is -2.29. The molecule has 1 unspecified atom stereocenters. The minimum atomic E-state index is -4.25. The molecule has 0 saturated heterocycles. The molecule has 81 heavy (non-hydrogen) atoms. The highest BCUT2D eigenvalue weighted by Gasteiger charge is 2.38. The van der Waals surface area contributed by atoms with Gasteiger partial charge in [-0.2, -0.15) is 13.2 Å².